The highest BCUT2D eigenvalue weighted by Gasteiger charge is 2.46. The fourth-order valence-corrected chi connectivity index (χ4v) is 4.60. The molecule has 1 aromatic rings. The number of pyridine rings is 1. The van der Waals surface area contributed by atoms with Crippen molar-refractivity contribution in [2.24, 2.45) is 0 Å². The van der Waals surface area contributed by atoms with Gasteiger partial charge in [0.05, 0.1) is 6.04 Å². The first-order valence-electron chi connectivity index (χ1n) is 9.74. The van der Waals surface area contributed by atoms with E-state index in [1.807, 2.05) is 12.3 Å². The molecular formula is C19H27N5O. The van der Waals surface area contributed by atoms with E-state index >= 15 is 0 Å². The molecule has 25 heavy (non-hydrogen) atoms. The monoisotopic (exact) mass is 341 g/mol. The molecule has 1 unspecified atom stereocenters. The van der Waals surface area contributed by atoms with Gasteiger partial charge in [0.15, 0.2) is 0 Å². The van der Waals surface area contributed by atoms with Gasteiger partial charge in [0, 0.05) is 64.1 Å². The molecule has 6 nitrogen and oxygen atoms in total. The highest BCUT2D eigenvalue weighted by Crippen LogP contribution is 2.33. The molecule has 134 valence electrons. The summed E-state index contributed by atoms with van der Waals surface area (Å²) in [5, 5.41) is 0. The molecule has 3 saturated heterocycles. The van der Waals surface area contributed by atoms with Crippen LogP contribution in [0.15, 0.2) is 24.4 Å². The molecule has 3 aliphatic heterocycles. The Morgan fingerprint density at radius 3 is 2.36 bits per heavy atom. The predicted molar refractivity (Wildman–Crippen MR) is 96.5 cm³/mol. The molecule has 5 rings (SSSR count). The molecule has 0 bridgehead atoms. The Hall–Kier alpha value is -1.66. The lowest BCUT2D eigenvalue weighted by Gasteiger charge is -2.49. The van der Waals surface area contributed by atoms with E-state index in [4.69, 9.17) is 0 Å². The van der Waals surface area contributed by atoms with E-state index in [9.17, 15) is 4.79 Å². The van der Waals surface area contributed by atoms with E-state index in [0.29, 0.717) is 18.0 Å². The number of piperazine rings is 1. The van der Waals surface area contributed by atoms with Crippen LogP contribution in [0.25, 0.3) is 0 Å². The number of rotatable bonds is 4. The number of aromatic nitrogens is 1. The van der Waals surface area contributed by atoms with Crippen LogP contribution < -0.4 is 4.90 Å². The van der Waals surface area contributed by atoms with Crippen LogP contribution in [0, 0.1) is 0 Å². The Morgan fingerprint density at radius 2 is 1.68 bits per heavy atom. The fraction of sp³-hybridized carbons (Fsp3) is 0.684. The molecule has 0 radical (unpaired) electrons. The van der Waals surface area contributed by atoms with Gasteiger partial charge in [0.1, 0.15) is 5.82 Å². The molecule has 0 spiro atoms. The summed E-state index contributed by atoms with van der Waals surface area (Å²) in [6, 6.07) is 7.51. The minimum atomic E-state index is 0.173. The number of anilines is 1. The quantitative estimate of drug-likeness (QED) is 0.805. The van der Waals surface area contributed by atoms with Gasteiger partial charge in [-0.05, 0) is 31.4 Å². The Kier molecular flexibility index (Phi) is 3.90. The van der Waals surface area contributed by atoms with Gasteiger partial charge in [-0.25, -0.2) is 4.98 Å². The van der Waals surface area contributed by atoms with Gasteiger partial charge in [-0.1, -0.05) is 6.07 Å². The van der Waals surface area contributed by atoms with E-state index in [1.165, 1.54) is 12.8 Å². The van der Waals surface area contributed by atoms with Gasteiger partial charge in [-0.2, -0.15) is 0 Å². The highest BCUT2D eigenvalue weighted by atomic mass is 16.2. The van der Waals surface area contributed by atoms with E-state index < -0.39 is 0 Å². The maximum Gasteiger partial charge on any atom is 0.240 e. The summed E-state index contributed by atoms with van der Waals surface area (Å²) in [6.07, 6.45) is 5.35. The van der Waals surface area contributed by atoms with Crippen molar-refractivity contribution in [2.45, 2.75) is 37.4 Å². The zero-order valence-electron chi connectivity index (χ0n) is 14.8. The summed E-state index contributed by atoms with van der Waals surface area (Å²) in [5.74, 6) is 1.50. The molecule has 1 aromatic heterocycles. The van der Waals surface area contributed by atoms with Crippen LogP contribution in [0.4, 0.5) is 5.82 Å². The van der Waals surface area contributed by atoms with Crippen molar-refractivity contribution in [2.75, 3.05) is 50.7 Å². The molecular weight excluding hydrogens is 314 g/mol. The lowest BCUT2D eigenvalue weighted by molar-refractivity contribution is -0.135. The lowest BCUT2D eigenvalue weighted by Crippen LogP contribution is -2.66. The normalized spacial score (nSPS) is 29.3. The van der Waals surface area contributed by atoms with Gasteiger partial charge < -0.3 is 9.80 Å². The summed E-state index contributed by atoms with van der Waals surface area (Å²) in [4.78, 5) is 26.6. The van der Waals surface area contributed by atoms with Crippen molar-refractivity contribution in [1.29, 1.82) is 0 Å². The Bertz CT molecular complexity index is 620. The third-order valence-electron chi connectivity index (χ3n) is 6.33. The molecule has 0 aromatic carbocycles. The van der Waals surface area contributed by atoms with Crippen LogP contribution in [0.2, 0.25) is 0 Å². The van der Waals surface area contributed by atoms with Gasteiger partial charge in [0.25, 0.3) is 0 Å². The largest absolute Gasteiger partial charge is 0.354 e. The van der Waals surface area contributed by atoms with Gasteiger partial charge >= 0.3 is 0 Å². The SMILES string of the molecule is O=C1C(N2CC(N3CCN(c4ccccn4)CC3)C2)CCN1C1CC1. The van der Waals surface area contributed by atoms with Crippen molar-refractivity contribution in [1.82, 2.24) is 19.7 Å². The molecule has 6 heteroatoms. The van der Waals surface area contributed by atoms with Gasteiger partial charge in [-0.3, -0.25) is 14.6 Å². The first kappa shape index (κ1) is 15.6. The number of likely N-dealkylation sites (tertiary alicyclic amines) is 2. The summed E-state index contributed by atoms with van der Waals surface area (Å²) < 4.78 is 0. The average Bonchev–Trinajstić information content (AvgIpc) is 3.39. The average molecular weight is 341 g/mol. The summed E-state index contributed by atoms with van der Waals surface area (Å²) in [7, 11) is 0. The third kappa shape index (κ3) is 2.91. The smallest absolute Gasteiger partial charge is 0.240 e. The standard InChI is InChI=1S/C19H27N5O/c25-19-17(6-8-24(19)15-4-5-15)23-13-16(14-23)21-9-11-22(12-10-21)18-3-1-2-7-20-18/h1-3,7,15-17H,4-6,8-14H2. The summed E-state index contributed by atoms with van der Waals surface area (Å²) in [5.41, 5.74) is 0. The van der Waals surface area contributed by atoms with Crippen LogP contribution >= 0.6 is 0 Å². The molecule has 0 N–H and O–H groups in total. The summed E-state index contributed by atoms with van der Waals surface area (Å²) >= 11 is 0. The van der Waals surface area contributed by atoms with Crippen molar-refractivity contribution in [3.05, 3.63) is 24.4 Å². The van der Waals surface area contributed by atoms with Crippen molar-refractivity contribution >= 4 is 11.7 Å². The van der Waals surface area contributed by atoms with Crippen LogP contribution in [0.5, 0.6) is 0 Å². The molecule has 4 heterocycles. The minimum Gasteiger partial charge on any atom is -0.354 e. The summed E-state index contributed by atoms with van der Waals surface area (Å²) in [6.45, 7) is 7.41. The third-order valence-corrected chi connectivity index (χ3v) is 6.33. The molecule has 4 aliphatic rings. The molecule has 1 atom stereocenters. The molecule has 4 fully saturated rings. The number of hydrogen-bond acceptors (Lipinski definition) is 5. The second-order valence-electron chi connectivity index (χ2n) is 7.89. The fourth-order valence-electron chi connectivity index (χ4n) is 4.60. The van der Waals surface area contributed by atoms with Crippen molar-refractivity contribution in [3.8, 4) is 0 Å². The van der Waals surface area contributed by atoms with Gasteiger partial charge in [-0.15, -0.1) is 0 Å². The molecule has 1 aliphatic carbocycles. The van der Waals surface area contributed by atoms with Crippen LogP contribution in [0.3, 0.4) is 0 Å². The number of amides is 1. The number of hydrogen-bond donors (Lipinski definition) is 0. The zero-order valence-corrected chi connectivity index (χ0v) is 14.8. The van der Waals surface area contributed by atoms with Gasteiger partial charge in [0.2, 0.25) is 5.91 Å². The predicted octanol–water partition coefficient (Wildman–Crippen LogP) is 0.651. The highest BCUT2D eigenvalue weighted by molar-refractivity contribution is 5.84. The maximum absolute atomic E-state index is 12.6. The Balaban J connectivity index is 1.10. The first-order valence-corrected chi connectivity index (χ1v) is 9.74. The van der Waals surface area contributed by atoms with Crippen LogP contribution in [0.1, 0.15) is 19.3 Å². The van der Waals surface area contributed by atoms with E-state index in [2.05, 4.69) is 36.7 Å². The second-order valence-corrected chi connectivity index (χ2v) is 7.89. The first-order chi connectivity index (χ1) is 12.3. The Morgan fingerprint density at radius 1 is 0.880 bits per heavy atom. The van der Waals surface area contributed by atoms with E-state index in [-0.39, 0.29) is 6.04 Å². The maximum atomic E-state index is 12.6. The topological polar surface area (TPSA) is 42.9 Å². The lowest BCUT2D eigenvalue weighted by atomic mass is 10.0. The molecule has 1 amide bonds. The molecule has 1 saturated carbocycles. The van der Waals surface area contributed by atoms with Crippen molar-refractivity contribution < 1.29 is 4.79 Å². The Labute approximate surface area is 149 Å². The second kappa shape index (κ2) is 6.25. The number of carbonyl (C=O) groups excluding carboxylic acids is 1. The number of nitrogens with zero attached hydrogens (tertiary/aromatic N) is 5. The van der Waals surface area contributed by atoms with Crippen molar-refractivity contribution in [3.63, 3.8) is 0 Å². The van der Waals surface area contributed by atoms with Crippen LogP contribution in [-0.2, 0) is 4.79 Å². The van der Waals surface area contributed by atoms with Crippen LogP contribution in [-0.4, -0.2) is 89.5 Å². The zero-order chi connectivity index (χ0) is 16.8. The van der Waals surface area contributed by atoms with E-state index in [1.54, 1.807) is 0 Å². The van der Waals surface area contributed by atoms with E-state index in [0.717, 1.165) is 58.1 Å². The number of carbonyl (C=O) groups is 1. The minimum absolute atomic E-state index is 0.173.